The van der Waals surface area contributed by atoms with Crippen molar-refractivity contribution in [3.8, 4) is 5.88 Å². The molecule has 0 spiro atoms. The molecule has 0 saturated heterocycles. The summed E-state index contributed by atoms with van der Waals surface area (Å²) in [5, 5.41) is 0. The van der Waals surface area contributed by atoms with Crippen LogP contribution in [0.1, 0.15) is 26.5 Å². The molecule has 5 heteroatoms. The molecule has 0 bridgehead atoms. The van der Waals surface area contributed by atoms with Crippen LogP contribution < -0.4 is 16.2 Å². The molecule has 0 unspecified atom stereocenters. The van der Waals surface area contributed by atoms with Gasteiger partial charge >= 0.3 is 5.69 Å². The summed E-state index contributed by atoms with van der Waals surface area (Å²) in [4.78, 5) is 15.5. The van der Waals surface area contributed by atoms with Crippen molar-refractivity contribution in [2.24, 2.45) is 5.73 Å². The zero-order valence-electron chi connectivity index (χ0n) is 9.57. The van der Waals surface area contributed by atoms with Crippen LogP contribution in [-0.2, 0) is 12.1 Å². The number of hydrogen-bond donors (Lipinski definition) is 1. The molecule has 1 aromatic rings. The van der Waals surface area contributed by atoms with Gasteiger partial charge < -0.3 is 10.5 Å². The quantitative estimate of drug-likeness (QED) is 0.771. The second kappa shape index (κ2) is 4.02. The Morgan fingerprint density at radius 3 is 2.53 bits per heavy atom. The van der Waals surface area contributed by atoms with Crippen LogP contribution in [0.5, 0.6) is 5.88 Å². The first-order valence-electron chi connectivity index (χ1n) is 4.77. The van der Waals surface area contributed by atoms with Gasteiger partial charge in [0, 0.05) is 23.8 Å². The number of methoxy groups -OCH3 is 1. The summed E-state index contributed by atoms with van der Waals surface area (Å²) < 4.78 is 6.50. The first kappa shape index (κ1) is 11.7. The van der Waals surface area contributed by atoms with Crippen LogP contribution in [0.15, 0.2) is 10.9 Å². The van der Waals surface area contributed by atoms with E-state index in [-0.39, 0.29) is 17.8 Å². The Morgan fingerprint density at radius 2 is 2.13 bits per heavy atom. The number of ether oxygens (including phenoxy) is 1. The highest BCUT2D eigenvalue weighted by molar-refractivity contribution is 5.16. The standard InChI is InChI=1S/C10H17N3O2/c1-10(2,3)13-7(6-11)5-8(15-4)12-9(13)14/h5H,6,11H2,1-4H3. The number of aromatic nitrogens is 2. The average molecular weight is 211 g/mol. The summed E-state index contributed by atoms with van der Waals surface area (Å²) in [5.74, 6) is 0.306. The highest BCUT2D eigenvalue weighted by Crippen LogP contribution is 2.15. The Labute approximate surface area is 88.9 Å². The smallest absolute Gasteiger partial charge is 0.351 e. The molecule has 0 amide bonds. The van der Waals surface area contributed by atoms with Crippen LogP contribution in [0.25, 0.3) is 0 Å². The van der Waals surface area contributed by atoms with Gasteiger partial charge in [-0.2, -0.15) is 4.98 Å². The molecule has 84 valence electrons. The van der Waals surface area contributed by atoms with Crippen molar-refractivity contribution in [1.82, 2.24) is 9.55 Å². The van der Waals surface area contributed by atoms with Crippen molar-refractivity contribution in [2.45, 2.75) is 32.9 Å². The minimum atomic E-state index is -0.331. The van der Waals surface area contributed by atoms with Gasteiger partial charge in [0.25, 0.3) is 0 Å². The molecule has 0 atom stereocenters. The molecular weight excluding hydrogens is 194 g/mol. The van der Waals surface area contributed by atoms with E-state index in [9.17, 15) is 4.79 Å². The lowest BCUT2D eigenvalue weighted by Gasteiger charge is -2.25. The van der Waals surface area contributed by atoms with Crippen LogP contribution in [0.4, 0.5) is 0 Å². The molecule has 1 heterocycles. The van der Waals surface area contributed by atoms with Gasteiger partial charge in [-0.15, -0.1) is 0 Å². The minimum Gasteiger partial charge on any atom is -0.481 e. The monoisotopic (exact) mass is 211 g/mol. The molecule has 1 aromatic heterocycles. The lowest BCUT2D eigenvalue weighted by atomic mass is 10.1. The van der Waals surface area contributed by atoms with Gasteiger partial charge in [-0.25, -0.2) is 4.79 Å². The van der Waals surface area contributed by atoms with Crippen molar-refractivity contribution >= 4 is 0 Å². The number of nitrogens with zero attached hydrogens (tertiary/aromatic N) is 2. The maximum Gasteiger partial charge on any atom is 0.351 e. The molecule has 0 aromatic carbocycles. The van der Waals surface area contributed by atoms with Crippen LogP contribution in [0.2, 0.25) is 0 Å². The average Bonchev–Trinajstić information content (AvgIpc) is 2.14. The van der Waals surface area contributed by atoms with Crippen LogP contribution in [-0.4, -0.2) is 16.7 Å². The van der Waals surface area contributed by atoms with Gasteiger partial charge in [-0.3, -0.25) is 4.57 Å². The van der Waals surface area contributed by atoms with Crippen molar-refractivity contribution in [1.29, 1.82) is 0 Å². The van der Waals surface area contributed by atoms with Gasteiger partial charge in [0.05, 0.1) is 7.11 Å². The molecule has 0 aliphatic heterocycles. The Hall–Kier alpha value is -1.36. The topological polar surface area (TPSA) is 70.1 Å². The predicted molar refractivity (Wildman–Crippen MR) is 57.9 cm³/mol. The summed E-state index contributed by atoms with van der Waals surface area (Å²) in [5.41, 5.74) is 5.66. The third-order valence-corrected chi connectivity index (χ3v) is 2.06. The summed E-state index contributed by atoms with van der Waals surface area (Å²) >= 11 is 0. The van der Waals surface area contributed by atoms with Crippen molar-refractivity contribution in [3.05, 3.63) is 22.2 Å². The third-order valence-electron chi connectivity index (χ3n) is 2.06. The van der Waals surface area contributed by atoms with Gasteiger partial charge in [-0.05, 0) is 20.8 Å². The van der Waals surface area contributed by atoms with E-state index in [4.69, 9.17) is 10.5 Å². The van der Waals surface area contributed by atoms with E-state index in [2.05, 4.69) is 4.98 Å². The van der Waals surface area contributed by atoms with Gasteiger partial charge in [0.2, 0.25) is 5.88 Å². The lowest BCUT2D eigenvalue weighted by Crippen LogP contribution is -2.38. The van der Waals surface area contributed by atoms with E-state index < -0.39 is 0 Å². The van der Waals surface area contributed by atoms with E-state index >= 15 is 0 Å². The molecule has 0 aliphatic carbocycles. The van der Waals surface area contributed by atoms with E-state index in [1.54, 1.807) is 10.6 Å². The fourth-order valence-corrected chi connectivity index (χ4v) is 1.48. The SMILES string of the molecule is COc1cc(CN)n(C(C)(C)C)c(=O)n1. The maximum absolute atomic E-state index is 11.7. The maximum atomic E-state index is 11.7. The number of rotatable bonds is 2. The fraction of sp³-hybridized carbons (Fsp3) is 0.600. The second-order valence-electron chi connectivity index (χ2n) is 4.28. The van der Waals surface area contributed by atoms with Crippen molar-refractivity contribution in [3.63, 3.8) is 0 Å². The Morgan fingerprint density at radius 1 is 1.53 bits per heavy atom. The highest BCUT2D eigenvalue weighted by atomic mass is 16.5. The van der Waals surface area contributed by atoms with E-state index in [0.717, 1.165) is 5.69 Å². The van der Waals surface area contributed by atoms with Crippen LogP contribution >= 0.6 is 0 Å². The van der Waals surface area contributed by atoms with Gasteiger partial charge in [0.1, 0.15) is 0 Å². The molecule has 5 nitrogen and oxygen atoms in total. The molecule has 0 aliphatic rings. The molecule has 0 fully saturated rings. The van der Waals surface area contributed by atoms with Crippen molar-refractivity contribution in [2.75, 3.05) is 7.11 Å². The summed E-state index contributed by atoms with van der Waals surface area (Å²) in [6.45, 7) is 6.08. The molecule has 0 radical (unpaired) electrons. The Kier molecular flexibility index (Phi) is 3.14. The number of nitrogens with two attached hydrogens (primary N) is 1. The first-order chi connectivity index (χ1) is 6.90. The van der Waals surface area contributed by atoms with Crippen LogP contribution in [0, 0.1) is 0 Å². The molecule has 2 N–H and O–H groups in total. The Bertz CT molecular complexity index is 404. The fourth-order valence-electron chi connectivity index (χ4n) is 1.48. The largest absolute Gasteiger partial charge is 0.481 e. The van der Waals surface area contributed by atoms with Crippen molar-refractivity contribution < 1.29 is 4.74 Å². The minimum absolute atomic E-state index is 0.283. The molecule has 0 saturated carbocycles. The van der Waals surface area contributed by atoms with E-state index in [1.165, 1.54) is 7.11 Å². The van der Waals surface area contributed by atoms with Gasteiger partial charge in [-0.1, -0.05) is 0 Å². The first-order valence-corrected chi connectivity index (χ1v) is 4.77. The second-order valence-corrected chi connectivity index (χ2v) is 4.28. The molecule has 1 rings (SSSR count). The highest BCUT2D eigenvalue weighted by Gasteiger charge is 2.19. The Balaban J connectivity index is 3.45. The normalized spacial score (nSPS) is 11.5. The predicted octanol–water partition coefficient (Wildman–Crippen LogP) is 0.466. The van der Waals surface area contributed by atoms with E-state index in [1.807, 2.05) is 20.8 Å². The zero-order valence-corrected chi connectivity index (χ0v) is 9.57. The summed E-state index contributed by atoms with van der Waals surface area (Å²) in [6, 6.07) is 1.69. The van der Waals surface area contributed by atoms with Gasteiger partial charge in [0.15, 0.2) is 0 Å². The third kappa shape index (κ3) is 2.36. The van der Waals surface area contributed by atoms with Crippen LogP contribution in [0.3, 0.4) is 0 Å². The zero-order chi connectivity index (χ0) is 11.6. The summed E-state index contributed by atoms with van der Waals surface area (Å²) in [6.07, 6.45) is 0. The molecular formula is C10H17N3O2. The van der Waals surface area contributed by atoms with E-state index in [0.29, 0.717) is 5.88 Å². The molecule has 15 heavy (non-hydrogen) atoms. The lowest BCUT2D eigenvalue weighted by molar-refractivity contribution is 0.345. The number of hydrogen-bond acceptors (Lipinski definition) is 4. The summed E-state index contributed by atoms with van der Waals surface area (Å²) in [7, 11) is 1.48.